The molecule has 0 bridgehead atoms. The number of ether oxygens (including phenoxy) is 2. The zero-order chi connectivity index (χ0) is 17.2. The Morgan fingerprint density at radius 3 is 2.54 bits per heavy atom. The van der Waals surface area contributed by atoms with E-state index in [1.165, 1.54) is 10.5 Å². The molecule has 4 aliphatic rings. The number of thiol groups is 1. The van der Waals surface area contributed by atoms with Crippen molar-refractivity contribution in [3.8, 4) is 0 Å². The number of hydrogen-bond donors (Lipinski definition) is 2. The van der Waals surface area contributed by atoms with Gasteiger partial charge in [-0.15, -0.1) is 0 Å². The molecule has 1 N–H and O–H groups in total. The first-order valence-corrected chi connectivity index (χ1v) is 10.5. The summed E-state index contributed by atoms with van der Waals surface area (Å²) in [6, 6.07) is 0. The average Bonchev–Trinajstić information content (AvgIpc) is 3.18. The molecule has 1 aliphatic carbocycles. The normalized spacial score (nSPS) is 31.8. The fourth-order valence-corrected chi connectivity index (χ4v) is 7.07. The molecule has 2 spiro atoms. The molecule has 4 nitrogen and oxygen atoms in total. The molecule has 2 fully saturated rings. The van der Waals surface area contributed by atoms with Gasteiger partial charge in [-0.25, -0.2) is 4.79 Å². The summed E-state index contributed by atoms with van der Waals surface area (Å²) in [5, 5.41) is 3.25. The molecule has 0 aromatic heterocycles. The summed E-state index contributed by atoms with van der Waals surface area (Å²) in [5.74, 6) is 0. The Morgan fingerprint density at radius 2 is 1.96 bits per heavy atom. The first kappa shape index (κ1) is 17.0. The molecular weight excluding hydrogens is 346 g/mol. The van der Waals surface area contributed by atoms with Gasteiger partial charge in [-0.05, 0) is 76.1 Å². The van der Waals surface area contributed by atoms with E-state index in [1.54, 1.807) is 0 Å². The maximum absolute atomic E-state index is 12.9. The Labute approximate surface area is 151 Å². The lowest BCUT2D eigenvalue weighted by molar-refractivity contribution is -0.0615. The average molecular weight is 372 g/mol. The Kier molecular flexibility index (Phi) is 3.89. The number of halogens is 1. The minimum atomic E-state index is -1.22. The molecule has 1 saturated heterocycles. The smallest absolute Gasteiger partial charge is 0.356 e. The summed E-state index contributed by atoms with van der Waals surface area (Å²) < 4.78 is 12.8. The van der Waals surface area contributed by atoms with Gasteiger partial charge in [0, 0.05) is 5.41 Å². The molecule has 1 atom stereocenters. The van der Waals surface area contributed by atoms with E-state index in [-0.39, 0.29) is 16.3 Å². The van der Waals surface area contributed by atoms with Crippen LogP contribution in [0, 0.1) is 5.41 Å². The third-order valence-corrected chi connectivity index (χ3v) is 8.21. The van der Waals surface area contributed by atoms with E-state index in [2.05, 4.69) is 5.32 Å². The second-order valence-corrected chi connectivity index (χ2v) is 11.0. The van der Waals surface area contributed by atoms with E-state index in [4.69, 9.17) is 21.1 Å². The highest BCUT2D eigenvalue weighted by molar-refractivity contribution is 8.36. The Morgan fingerprint density at radius 1 is 1.29 bits per heavy atom. The summed E-state index contributed by atoms with van der Waals surface area (Å²) in [7, 11) is -1.22. The van der Waals surface area contributed by atoms with Crippen molar-refractivity contribution < 1.29 is 14.3 Å². The van der Waals surface area contributed by atoms with E-state index in [0.717, 1.165) is 45.4 Å². The zero-order valence-electron chi connectivity index (χ0n) is 14.6. The molecule has 134 valence electrons. The van der Waals surface area contributed by atoms with Crippen molar-refractivity contribution in [3.63, 3.8) is 0 Å². The number of rotatable bonds is 0. The first-order chi connectivity index (χ1) is 11.3. The number of carbonyl (C=O) groups excluding carboxylic acids is 1. The standard InChI is InChI=1S/C18H26ClNO3S/c1-16(2,3)23-15(21)24-13(19)10-12-14(24)17(4-5-17)11-22-18(12)6-8-20-9-7-18/h10,20,24H,4-9,11H2,1-3H3. The number of piperidine rings is 1. The topological polar surface area (TPSA) is 47.6 Å². The molecule has 0 radical (unpaired) electrons. The summed E-state index contributed by atoms with van der Waals surface area (Å²) in [6.07, 6.45) is 6.12. The molecule has 1 unspecified atom stereocenters. The number of nitrogens with one attached hydrogen (secondary N) is 1. The number of hydrogen-bond acceptors (Lipinski definition) is 4. The van der Waals surface area contributed by atoms with Crippen molar-refractivity contribution in [2.45, 2.75) is 57.7 Å². The van der Waals surface area contributed by atoms with Crippen LogP contribution in [0.1, 0.15) is 46.5 Å². The van der Waals surface area contributed by atoms with E-state index >= 15 is 0 Å². The van der Waals surface area contributed by atoms with Gasteiger partial charge in [0.1, 0.15) is 5.60 Å². The summed E-state index contributed by atoms with van der Waals surface area (Å²) in [4.78, 5) is 14.2. The minimum Gasteiger partial charge on any atom is -0.453 e. The van der Waals surface area contributed by atoms with Gasteiger partial charge in [-0.3, -0.25) is 0 Å². The highest BCUT2D eigenvalue weighted by Crippen LogP contribution is 2.71. The van der Waals surface area contributed by atoms with Gasteiger partial charge >= 0.3 is 5.30 Å². The van der Waals surface area contributed by atoms with E-state index in [1.807, 2.05) is 26.8 Å². The first-order valence-electron chi connectivity index (χ1n) is 8.77. The number of carbonyl (C=O) groups is 1. The lowest BCUT2D eigenvalue weighted by atomic mass is 9.80. The summed E-state index contributed by atoms with van der Waals surface area (Å²) in [6.45, 7) is 8.35. The predicted octanol–water partition coefficient (Wildman–Crippen LogP) is 4.20. The van der Waals surface area contributed by atoms with Crippen LogP contribution >= 0.6 is 22.5 Å². The van der Waals surface area contributed by atoms with Gasteiger partial charge in [-0.1, -0.05) is 22.5 Å². The Balaban J connectivity index is 1.75. The fraction of sp³-hybridized carbons (Fsp3) is 0.722. The second kappa shape index (κ2) is 5.50. The van der Waals surface area contributed by atoms with Gasteiger partial charge in [-0.2, -0.15) is 0 Å². The summed E-state index contributed by atoms with van der Waals surface area (Å²) >= 11 is 6.61. The van der Waals surface area contributed by atoms with Crippen LogP contribution in [0.2, 0.25) is 0 Å². The van der Waals surface area contributed by atoms with Crippen LogP contribution in [0.25, 0.3) is 0 Å². The van der Waals surface area contributed by atoms with Gasteiger partial charge in [0.2, 0.25) is 0 Å². The largest absolute Gasteiger partial charge is 0.453 e. The lowest BCUT2D eigenvalue weighted by Gasteiger charge is -2.45. The molecule has 3 aliphatic heterocycles. The minimum absolute atomic E-state index is 0.0429. The molecule has 1 saturated carbocycles. The van der Waals surface area contributed by atoms with Crippen molar-refractivity contribution in [3.05, 3.63) is 20.9 Å². The Bertz CT molecular complexity index is 639. The highest BCUT2D eigenvalue weighted by Gasteiger charge is 2.59. The lowest BCUT2D eigenvalue weighted by Crippen LogP contribution is -2.49. The summed E-state index contributed by atoms with van der Waals surface area (Å²) in [5.41, 5.74) is 0.498. The molecule has 3 heterocycles. The maximum Gasteiger partial charge on any atom is 0.356 e. The van der Waals surface area contributed by atoms with E-state index < -0.39 is 16.5 Å². The van der Waals surface area contributed by atoms with Crippen LogP contribution in [0.4, 0.5) is 4.79 Å². The monoisotopic (exact) mass is 371 g/mol. The van der Waals surface area contributed by atoms with Crippen LogP contribution in [0.3, 0.4) is 0 Å². The zero-order valence-corrected chi connectivity index (χ0v) is 16.2. The SMILES string of the molecule is CC(C)(C)OC(=O)[SH]1C(Cl)=CC2=C1C1(CC1)COC21CCNCC1. The molecule has 24 heavy (non-hydrogen) atoms. The molecule has 0 aromatic rings. The van der Waals surface area contributed by atoms with Gasteiger partial charge < -0.3 is 14.8 Å². The molecular formula is C18H26ClNO3S. The highest BCUT2D eigenvalue weighted by atomic mass is 35.5. The van der Waals surface area contributed by atoms with Crippen molar-refractivity contribution >= 4 is 27.8 Å². The molecule has 0 aromatic carbocycles. The molecule has 0 amide bonds. The van der Waals surface area contributed by atoms with Crippen LogP contribution in [-0.2, 0) is 9.47 Å². The van der Waals surface area contributed by atoms with Crippen molar-refractivity contribution in [2.75, 3.05) is 19.7 Å². The maximum atomic E-state index is 12.9. The predicted molar refractivity (Wildman–Crippen MR) is 98.6 cm³/mol. The van der Waals surface area contributed by atoms with Crippen molar-refractivity contribution in [1.82, 2.24) is 5.32 Å². The van der Waals surface area contributed by atoms with Crippen LogP contribution in [0.5, 0.6) is 0 Å². The van der Waals surface area contributed by atoms with Crippen molar-refractivity contribution in [1.29, 1.82) is 0 Å². The molecule has 6 heteroatoms. The molecule has 4 rings (SSSR count). The fourth-order valence-electron chi connectivity index (χ4n) is 4.03. The van der Waals surface area contributed by atoms with Gasteiger partial charge in [0.15, 0.2) is 0 Å². The third-order valence-electron chi connectivity index (χ3n) is 5.41. The quantitative estimate of drug-likeness (QED) is 0.494. The van der Waals surface area contributed by atoms with Crippen LogP contribution < -0.4 is 5.32 Å². The van der Waals surface area contributed by atoms with Crippen LogP contribution in [0.15, 0.2) is 20.9 Å². The number of fused-ring (bicyclic) bond motifs is 2. The van der Waals surface area contributed by atoms with E-state index in [0.29, 0.717) is 4.36 Å². The van der Waals surface area contributed by atoms with Gasteiger partial charge in [0.25, 0.3) is 0 Å². The third kappa shape index (κ3) is 2.64. The Hall–Kier alpha value is -0.490. The van der Waals surface area contributed by atoms with Gasteiger partial charge in [0.05, 0.1) is 16.6 Å². The van der Waals surface area contributed by atoms with Crippen molar-refractivity contribution in [2.24, 2.45) is 5.41 Å². The second-order valence-electron chi connectivity index (χ2n) is 8.36. The van der Waals surface area contributed by atoms with E-state index in [9.17, 15) is 4.79 Å². The van der Waals surface area contributed by atoms with Crippen LogP contribution in [-0.4, -0.2) is 36.2 Å².